The van der Waals surface area contributed by atoms with Gasteiger partial charge in [-0.3, -0.25) is 19.3 Å². The van der Waals surface area contributed by atoms with E-state index in [4.69, 9.17) is 0 Å². The lowest BCUT2D eigenvalue weighted by atomic mass is 10.1. The molecule has 2 heterocycles. The second kappa shape index (κ2) is 8.27. The fourth-order valence-corrected chi connectivity index (χ4v) is 3.33. The minimum absolute atomic E-state index is 0.0223. The summed E-state index contributed by atoms with van der Waals surface area (Å²) in [6, 6.07) is 5.82. The summed E-state index contributed by atoms with van der Waals surface area (Å²) in [6.07, 6.45) is 0.288. The molecular formula is C18H23FN4O3. The van der Waals surface area contributed by atoms with Crippen LogP contribution in [-0.4, -0.2) is 66.3 Å². The summed E-state index contributed by atoms with van der Waals surface area (Å²) in [5.41, 5.74) is 0.504. The Hall–Kier alpha value is -2.48. The molecule has 2 fully saturated rings. The van der Waals surface area contributed by atoms with E-state index in [1.165, 1.54) is 6.07 Å². The van der Waals surface area contributed by atoms with Gasteiger partial charge >= 0.3 is 0 Å². The van der Waals surface area contributed by atoms with Gasteiger partial charge < -0.3 is 15.5 Å². The molecule has 1 aromatic rings. The third kappa shape index (κ3) is 4.37. The van der Waals surface area contributed by atoms with Gasteiger partial charge in [-0.05, 0) is 6.07 Å². The lowest BCUT2D eigenvalue weighted by molar-refractivity contribution is -0.139. The maximum absolute atomic E-state index is 14.0. The molecule has 2 aliphatic rings. The van der Waals surface area contributed by atoms with Gasteiger partial charge in [-0.1, -0.05) is 18.2 Å². The topological polar surface area (TPSA) is 81.8 Å². The van der Waals surface area contributed by atoms with Crippen molar-refractivity contribution >= 4 is 17.7 Å². The van der Waals surface area contributed by atoms with Gasteiger partial charge in [-0.2, -0.15) is 0 Å². The highest BCUT2D eigenvalue weighted by molar-refractivity contribution is 5.89. The van der Waals surface area contributed by atoms with Crippen LogP contribution in [0.4, 0.5) is 4.39 Å². The van der Waals surface area contributed by atoms with E-state index in [1.807, 2.05) is 4.90 Å². The first-order valence-electron chi connectivity index (χ1n) is 8.84. The van der Waals surface area contributed by atoms with E-state index in [9.17, 15) is 18.8 Å². The number of hydrogen-bond donors (Lipinski definition) is 2. The van der Waals surface area contributed by atoms with Gasteiger partial charge in [0.05, 0.1) is 12.5 Å². The zero-order valence-corrected chi connectivity index (χ0v) is 14.5. The molecule has 2 aliphatic heterocycles. The molecule has 2 N–H and O–H groups in total. The highest BCUT2D eigenvalue weighted by atomic mass is 19.1. The van der Waals surface area contributed by atoms with Crippen LogP contribution in [0.2, 0.25) is 0 Å². The number of nitrogens with zero attached hydrogens (tertiary/aromatic N) is 2. The maximum Gasteiger partial charge on any atom is 0.237 e. The molecule has 1 aromatic carbocycles. The molecule has 1 unspecified atom stereocenters. The molecule has 7 nitrogen and oxygen atoms in total. The Labute approximate surface area is 151 Å². The zero-order valence-electron chi connectivity index (χ0n) is 14.5. The van der Waals surface area contributed by atoms with Crippen LogP contribution in [0.15, 0.2) is 24.3 Å². The van der Waals surface area contributed by atoms with Crippen LogP contribution in [0.3, 0.4) is 0 Å². The highest BCUT2D eigenvalue weighted by Crippen LogP contribution is 2.17. The maximum atomic E-state index is 14.0. The minimum atomic E-state index is -0.636. The monoisotopic (exact) mass is 362 g/mol. The number of rotatable bonds is 4. The number of hydrogen-bond acceptors (Lipinski definition) is 4. The van der Waals surface area contributed by atoms with Crippen LogP contribution >= 0.6 is 0 Å². The van der Waals surface area contributed by atoms with Crippen molar-refractivity contribution in [3.63, 3.8) is 0 Å². The summed E-state index contributed by atoms with van der Waals surface area (Å²) < 4.78 is 14.0. The molecule has 0 aliphatic carbocycles. The summed E-state index contributed by atoms with van der Waals surface area (Å²) in [4.78, 5) is 39.9. The van der Waals surface area contributed by atoms with E-state index >= 15 is 0 Å². The van der Waals surface area contributed by atoms with Crippen LogP contribution in [0.1, 0.15) is 18.4 Å². The first kappa shape index (κ1) is 18.3. The van der Waals surface area contributed by atoms with E-state index < -0.39 is 6.04 Å². The van der Waals surface area contributed by atoms with Crippen molar-refractivity contribution in [3.05, 3.63) is 35.6 Å². The standard InChI is InChI=1S/C18H23FN4O3/c19-14-4-2-1-3-13(14)12-23-10-7-21-18(26)15(23)11-17(25)22-8-5-16(24)20-6-9-22/h1-4,15H,5-12H2,(H,20,24)(H,21,26). The van der Waals surface area contributed by atoms with Gasteiger partial charge in [-0.15, -0.1) is 0 Å². The Morgan fingerprint density at radius 3 is 2.69 bits per heavy atom. The quantitative estimate of drug-likeness (QED) is 0.782. The smallest absolute Gasteiger partial charge is 0.237 e. The van der Waals surface area contributed by atoms with Crippen molar-refractivity contribution in [2.75, 3.05) is 32.7 Å². The molecule has 140 valence electrons. The Morgan fingerprint density at radius 1 is 1.12 bits per heavy atom. The van der Waals surface area contributed by atoms with E-state index in [2.05, 4.69) is 10.6 Å². The van der Waals surface area contributed by atoms with E-state index in [0.717, 1.165) is 0 Å². The van der Waals surface area contributed by atoms with Crippen molar-refractivity contribution in [2.24, 2.45) is 0 Å². The number of carbonyl (C=O) groups excluding carboxylic acids is 3. The Balaban J connectivity index is 1.68. The van der Waals surface area contributed by atoms with Crippen LogP contribution in [0, 0.1) is 5.82 Å². The minimum Gasteiger partial charge on any atom is -0.354 e. The van der Waals surface area contributed by atoms with Crippen molar-refractivity contribution in [2.45, 2.75) is 25.4 Å². The molecule has 3 rings (SSSR count). The number of amides is 3. The van der Waals surface area contributed by atoms with Crippen LogP contribution in [-0.2, 0) is 20.9 Å². The van der Waals surface area contributed by atoms with E-state index in [1.54, 1.807) is 23.1 Å². The second-order valence-electron chi connectivity index (χ2n) is 6.55. The number of carbonyl (C=O) groups is 3. The largest absolute Gasteiger partial charge is 0.354 e. The van der Waals surface area contributed by atoms with Gasteiger partial charge in [0.25, 0.3) is 0 Å². The van der Waals surface area contributed by atoms with Gasteiger partial charge in [0.2, 0.25) is 17.7 Å². The molecule has 2 saturated heterocycles. The first-order valence-corrected chi connectivity index (χ1v) is 8.84. The van der Waals surface area contributed by atoms with Gasteiger partial charge in [0.15, 0.2) is 0 Å². The summed E-state index contributed by atoms with van der Waals surface area (Å²) in [5.74, 6) is -0.774. The van der Waals surface area contributed by atoms with Crippen LogP contribution in [0.25, 0.3) is 0 Å². The van der Waals surface area contributed by atoms with Crippen molar-refractivity contribution in [1.29, 1.82) is 0 Å². The summed E-state index contributed by atoms with van der Waals surface area (Å²) in [6.45, 7) is 2.51. The van der Waals surface area contributed by atoms with Gasteiger partial charge in [0.1, 0.15) is 5.82 Å². The summed E-state index contributed by atoms with van der Waals surface area (Å²) in [7, 11) is 0. The Morgan fingerprint density at radius 2 is 1.88 bits per heavy atom. The molecule has 1 atom stereocenters. The first-order chi connectivity index (χ1) is 12.5. The molecule has 0 radical (unpaired) electrons. The van der Waals surface area contributed by atoms with E-state index in [0.29, 0.717) is 38.3 Å². The molecule has 0 aromatic heterocycles. The van der Waals surface area contributed by atoms with Crippen molar-refractivity contribution in [1.82, 2.24) is 20.4 Å². The van der Waals surface area contributed by atoms with Crippen molar-refractivity contribution in [3.8, 4) is 0 Å². The predicted molar refractivity (Wildman–Crippen MR) is 92.4 cm³/mol. The normalized spacial score (nSPS) is 21.7. The predicted octanol–water partition coefficient (Wildman–Crippen LogP) is -0.135. The third-order valence-corrected chi connectivity index (χ3v) is 4.81. The number of benzene rings is 1. The molecule has 0 bridgehead atoms. The summed E-state index contributed by atoms with van der Waals surface area (Å²) in [5, 5.41) is 5.50. The number of piperazine rings is 1. The molecule has 0 saturated carbocycles. The number of halogens is 1. The molecule has 0 spiro atoms. The third-order valence-electron chi connectivity index (χ3n) is 4.81. The zero-order chi connectivity index (χ0) is 18.5. The van der Waals surface area contributed by atoms with Crippen LogP contribution in [0.5, 0.6) is 0 Å². The Bertz CT molecular complexity index is 697. The fourth-order valence-electron chi connectivity index (χ4n) is 3.33. The average molecular weight is 362 g/mol. The highest BCUT2D eigenvalue weighted by Gasteiger charge is 2.33. The molecular weight excluding hydrogens is 339 g/mol. The summed E-state index contributed by atoms with van der Waals surface area (Å²) >= 11 is 0. The van der Waals surface area contributed by atoms with Crippen molar-refractivity contribution < 1.29 is 18.8 Å². The second-order valence-corrected chi connectivity index (χ2v) is 6.55. The molecule has 26 heavy (non-hydrogen) atoms. The Kier molecular flexibility index (Phi) is 5.82. The fraction of sp³-hybridized carbons (Fsp3) is 0.500. The lowest BCUT2D eigenvalue weighted by Crippen LogP contribution is -2.56. The lowest BCUT2D eigenvalue weighted by Gasteiger charge is -2.35. The van der Waals surface area contributed by atoms with E-state index in [-0.39, 0.29) is 42.9 Å². The molecule has 8 heteroatoms. The number of nitrogens with one attached hydrogen (secondary N) is 2. The SMILES string of the molecule is O=C1CCN(C(=O)CC2C(=O)NCCN2Cc2ccccc2F)CCN1. The van der Waals surface area contributed by atoms with Crippen LogP contribution < -0.4 is 10.6 Å². The molecule has 3 amide bonds. The average Bonchev–Trinajstić information content (AvgIpc) is 2.84. The van der Waals surface area contributed by atoms with Gasteiger partial charge in [0, 0.05) is 51.3 Å². The van der Waals surface area contributed by atoms with Gasteiger partial charge in [-0.25, -0.2) is 4.39 Å².